The summed E-state index contributed by atoms with van der Waals surface area (Å²) in [5, 5.41) is 15.0. The molecule has 1 aliphatic heterocycles. The molecule has 7 nitrogen and oxygen atoms in total. The zero-order chi connectivity index (χ0) is 24.9. The van der Waals surface area contributed by atoms with E-state index in [1.54, 1.807) is 12.1 Å². The van der Waals surface area contributed by atoms with Gasteiger partial charge in [-0.25, -0.2) is 14.8 Å². The number of anilines is 1. The maximum atomic E-state index is 12.6. The maximum absolute atomic E-state index is 12.6. The minimum atomic E-state index is -0.763. The molecule has 0 radical (unpaired) electrons. The SMILES string of the molecule is CCc1nc(-c2ccc(Cl)cc2Cl)c(CC)nc1N[C@@H]1CN(C(=O)OCc2ccccc2)C[C@H]1O. The summed E-state index contributed by atoms with van der Waals surface area (Å²) in [5.41, 5.74) is 3.93. The fraction of sp³-hybridized carbons (Fsp3) is 0.346. The number of hydrogen-bond donors (Lipinski definition) is 2. The van der Waals surface area contributed by atoms with E-state index < -0.39 is 18.2 Å². The Balaban J connectivity index is 1.49. The largest absolute Gasteiger partial charge is 0.445 e. The maximum Gasteiger partial charge on any atom is 0.410 e. The van der Waals surface area contributed by atoms with Crippen LogP contribution in [-0.2, 0) is 24.2 Å². The Labute approximate surface area is 215 Å². The molecule has 1 aliphatic rings. The molecule has 2 aromatic carbocycles. The summed E-state index contributed by atoms with van der Waals surface area (Å²) >= 11 is 12.5. The van der Waals surface area contributed by atoms with Crippen molar-refractivity contribution in [1.29, 1.82) is 0 Å². The molecule has 35 heavy (non-hydrogen) atoms. The predicted molar refractivity (Wildman–Crippen MR) is 138 cm³/mol. The molecule has 0 unspecified atom stereocenters. The second-order valence-electron chi connectivity index (χ2n) is 8.41. The minimum absolute atomic E-state index is 0.180. The summed E-state index contributed by atoms with van der Waals surface area (Å²) in [6, 6.07) is 14.4. The van der Waals surface area contributed by atoms with Crippen LogP contribution in [0.3, 0.4) is 0 Å². The summed E-state index contributed by atoms with van der Waals surface area (Å²) in [5.74, 6) is 0.599. The number of rotatable bonds is 7. The van der Waals surface area contributed by atoms with Crippen LogP contribution in [-0.4, -0.2) is 51.3 Å². The van der Waals surface area contributed by atoms with Crippen LogP contribution in [0.4, 0.5) is 10.6 Å². The van der Waals surface area contributed by atoms with Gasteiger partial charge in [0.05, 0.1) is 40.8 Å². The number of aliphatic hydroxyl groups is 1. The molecular formula is C26H28Cl2N4O3. The van der Waals surface area contributed by atoms with Gasteiger partial charge in [0.15, 0.2) is 0 Å². The van der Waals surface area contributed by atoms with Gasteiger partial charge >= 0.3 is 6.09 Å². The molecule has 0 bridgehead atoms. The van der Waals surface area contributed by atoms with E-state index in [4.69, 9.17) is 37.9 Å². The van der Waals surface area contributed by atoms with E-state index in [9.17, 15) is 9.90 Å². The van der Waals surface area contributed by atoms with Crippen molar-refractivity contribution in [3.8, 4) is 11.3 Å². The van der Waals surface area contributed by atoms with Gasteiger partial charge in [-0.1, -0.05) is 67.4 Å². The number of benzene rings is 2. The number of carbonyl (C=O) groups is 1. The Kier molecular flexibility index (Phi) is 8.11. The third kappa shape index (κ3) is 5.86. The lowest BCUT2D eigenvalue weighted by atomic mass is 10.1. The van der Waals surface area contributed by atoms with Gasteiger partial charge < -0.3 is 20.1 Å². The van der Waals surface area contributed by atoms with Crippen molar-refractivity contribution in [2.45, 2.75) is 45.4 Å². The van der Waals surface area contributed by atoms with Crippen LogP contribution in [0.5, 0.6) is 0 Å². The molecule has 184 valence electrons. The third-order valence-electron chi connectivity index (χ3n) is 5.97. The first kappa shape index (κ1) is 25.2. The number of amides is 1. The number of ether oxygens (including phenoxy) is 1. The van der Waals surface area contributed by atoms with Crippen molar-refractivity contribution < 1.29 is 14.6 Å². The first-order valence-corrected chi connectivity index (χ1v) is 12.4. The highest BCUT2D eigenvalue weighted by atomic mass is 35.5. The van der Waals surface area contributed by atoms with E-state index in [2.05, 4.69) is 5.32 Å². The molecule has 1 fully saturated rings. The first-order valence-electron chi connectivity index (χ1n) is 11.6. The summed E-state index contributed by atoms with van der Waals surface area (Å²) in [4.78, 5) is 23.8. The fourth-order valence-corrected chi connectivity index (χ4v) is 4.57. The highest BCUT2D eigenvalue weighted by Gasteiger charge is 2.35. The number of halogens is 2. The molecule has 2 heterocycles. The Morgan fingerprint density at radius 3 is 2.51 bits per heavy atom. The van der Waals surface area contributed by atoms with Gasteiger partial charge in [-0.2, -0.15) is 0 Å². The molecule has 4 rings (SSSR count). The van der Waals surface area contributed by atoms with Gasteiger partial charge in [-0.05, 0) is 36.6 Å². The zero-order valence-corrected chi connectivity index (χ0v) is 21.2. The average Bonchev–Trinajstić information content (AvgIpc) is 3.23. The second kappa shape index (κ2) is 11.2. The normalized spacial score (nSPS) is 17.5. The zero-order valence-electron chi connectivity index (χ0n) is 19.7. The van der Waals surface area contributed by atoms with Crippen molar-refractivity contribution >= 4 is 35.1 Å². The monoisotopic (exact) mass is 514 g/mol. The molecule has 1 amide bonds. The Bertz CT molecular complexity index is 1190. The summed E-state index contributed by atoms with van der Waals surface area (Å²) in [7, 11) is 0. The minimum Gasteiger partial charge on any atom is -0.445 e. The van der Waals surface area contributed by atoms with Gasteiger partial charge in [-0.15, -0.1) is 0 Å². The molecule has 0 saturated carbocycles. The molecule has 2 atom stereocenters. The van der Waals surface area contributed by atoms with Gasteiger partial charge in [0.1, 0.15) is 12.4 Å². The second-order valence-corrected chi connectivity index (χ2v) is 9.25. The highest BCUT2D eigenvalue weighted by Crippen LogP contribution is 2.33. The van der Waals surface area contributed by atoms with Crippen molar-refractivity contribution in [2.24, 2.45) is 0 Å². The lowest BCUT2D eigenvalue weighted by Gasteiger charge is -2.20. The molecule has 0 aliphatic carbocycles. The van der Waals surface area contributed by atoms with Crippen molar-refractivity contribution in [3.63, 3.8) is 0 Å². The number of hydrogen-bond acceptors (Lipinski definition) is 6. The molecule has 2 N–H and O–H groups in total. The van der Waals surface area contributed by atoms with Crippen LogP contribution >= 0.6 is 23.2 Å². The predicted octanol–water partition coefficient (Wildman–Crippen LogP) is 5.37. The van der Waals surface area contributed by atoms with E-state index >= 15 is 0 Å². The van der Waals surface area contributed by atoms with E-state index in [1.807, 2.05) is 50.2 Å². The first-order chi connectivity index (χ1) is 16.9. The summed E-state index contributed by atoms with van der Waals surface area (Å²) in [6.07, 6.45) is 0.0520. The third-order valence-corrected chi connectivity index (χ3v) is 6.52. The Morgan fingerprint density at radius 1 is 1.09 bits per heavy atom. The van der Waals surface area contributed by atoms with Crippen molar-refractivity contribution in [1.82, 2.24) is 14.9 Å². The number of aryl methyl sites for hydroxylation is 2. The van der Waals surface area contributed by atoms with E-state index in [0.29, 0.717) is 35.2 Å². The quantitative estimate of drug-likeness (QED) is 0.440. The van der Waals surface area contributed by atoms with Crippen LogP contribution in [0.15, 0.2) is 48.5 Å². The lowest BCUT2D eigenvalue weighted by Crippen LogP contribution is -2.34. The van der Waals surface area contributed by atoms with Gasteiger partial charge in [0, 0.05) is 17.1 Å². The topological polar surface area (TPSA) is 87.6 Å². The van der Waals surface area contributed by atoms with Crippen LogP contribution < -0.4 is 5.32 Å². The van der Waals surface area contributed by atoms with Crippen LogP contribution in [0.2, 0.25) is 10.0 Å². The van der Waals surface area contributed by atoms with Crippen LogP contribution in [0.1, 0.15) is 30.8 Å². The smallest absolute Gasteiger partial charge is 0.410 e. The molecular weight excluding hydrogens is 487 g/mol. The number of likely N-dealkylation sites (tertiary alicyclic amines) is 1. The molecule has 1 aromatic heterocycles. The van der Waals surface area contributed by atoms with Gasteiger partial charge in [-0.3, -0.25) is 0 Å². The molecule has 9 heteroatoms. The van der Waals surface area contributed by atoms with Gasteiger partial charge in [0.2, 0.25) is 0 Å². The standard InChI is InChI=1S/C26H28Cl2N4O3/c1-3-20-24(18-11-10-17(27)12-19(18)28)29-21(4-2)25(30-20)31-22-13-32(14-23(22)33)26(34)35-15-16-8-6-5-7-9-16/h5-12,22-23,33H,3-4,13-15H2,1-2H3,(H,30,31)/t22-,23-/m1/s1. The Hall–Kier alpha value is -2.87. The summed E-state index contributed by atoms with van der Waals surface area (Å²) in [6.45, 7) is 4.66. The molecule has 3 aromatic rings. The van der Waals surface area contributed by atoms with E-state index in [0.717, 1.165) is 28.2 Å². The lowest BCUT2D eigenvalue weighted by molar-refractivity contribution is 0.0971. The highest BCUT2D eigenvalue weighted by molar-refractivity contribution is 6.36. The molecule has 1 saturated heterocycles. The van der Waals surface area contributed by atoms with Crippen molar-refractivity contribution in [3.05, 3.63) is 75.5 Å². The van der Waals surface area contributed by atoms with Crippen LogP contribution in [0, 0.1) is 0 Å². The van der Waals surface area contributed by atoms with Crippen LogP contribution in [0.25, 0.3) is 11.3 Å². The van der Waals surface area contributed by atoms with Crippen molar-refractivity contribution in [2.75, 3.05) is 18.4 Å². The number of nitrogens with one attached hydrogen (secondary N) is 1. The number of aromatic nitrogens is 2. The Morgan fingerprint density at radius 2 is 1.83 bits per heavy atom. The van der Waals surface area contributed by atoms with E-state index in [-0.39, 0.29) is 13.2 Å². The number of β-amino-alcohol motifs (C(OH)–C–C–N with tert-alkyl or cyclic N) is 1. The average molecular weight is 515 g/mol. The molecule has 0 spiro atoms. The van der Waals surface area contributed by atoms with Gasteiger partial charge in [0.25, 0.3) is 0 Å². The number of aliphatic hydroxyl groups excluding tert-OH is 1. The number of nitrogens with zero attached hydrogens (tertiary/aromatic N) is 3. The summed E-state index contributed by atoms with van der Waals surface area (Å²) < 4.78 is 5.42. The fourth-order valence-electron chi connectivity index (χ4n) is 4.07. The van der Waals surface area contributed by atoms with E-state index in [1.165, 1.54) is 4.90 Å². The number of carbonyl (C=O) groups excluding carboxylic acids is 1.